The van der Waals surface area contributed by atoms with Crippen LogP contribution in [0.5, 0.6) is 0 Å². The van der Waals surface area contributed by atoms with Crippen molar-refractivity contribution in [2.24, 2.45) is 5.92 Å². The van der Waals surface area contributed by atoms with E-state index in [4.69, 9.17) is 16.6 Å². The zero-order valence-electron chi connectivity index (χ0n) is 12.5. The van der Waals surface area contributed by atoms with E-state index in [9.17, 15) is 0 Å². The number of aromatic nitrogens is 4. The van der Waals surface area contributed by atoms with Gasteiger partial charge in [0.2, 0.25) is 5.28 Å². The molecule has 22 heavy (non-hydrogen) atoms. The minimum atomic E-state index is 0.134. The van der Waals surface area contributed by atoms with Crippen molar-refractivity contribution in [2.45, 2.75) is 32.6 Å². The Hall–Kier alpha value is -1.59. The molecule has 0 fully saturated rings. The molecule has 0 aliphatic rings. The van der Waals surface area contributed by atoms with Gasteiger partial charge < -0.3 is 0 Å². The van der Waals surface area contributed by atoms with Gasteiger partial charge in [0.25, 0.3) is 0 Å². The second kappa shape index (κ2) is 6.67. The third-order valence-electron chi connectivity index (χ3n) is 3.82. The Labute approximate surface area is 138 Å². The number of thiazole rings is 1. The van der Waals surface area contributed by atoms with E-state index in [0.29, 0.717) is 5.92 Å². The molecule has 6 heteroatoms. The molecule has 0 spiro atoms. The Kier molecular flexibility index (Phi) is 4.64. The quantitative estimate of drug-likeness (QED) is 0.635. The highest BCUT2D eigenvalue weighted by Crippen LogP contribution is 2.35. The molecule has 0 N–H and O–H groups in total. The number of pyridine rings is 1. The molecule has 0 aliphatic heterocycles. The monoisotopic (exact) mass is 332 g/mol. The predicted molar refractivity (Wildman–Crippen MR) is 90.4 cm³/mol. The lowest BCUT2D eigenvalue weighted by molar-refractivity contribution is 0.479. The van der Waals surface area contributed by atoms with Crippen molar-refractivity contribution in [3.8, 4) is 0 Å². The van der Waals surface area contributed by atoms with Crippen molar-refractivity contribution in [3.63, 3.8) is 0 Å². The van der Waals surface area contributed by atoms with Gasteiger partial charge in [-0.15, -0.1) is 0 Å². The summed E-state index contributed by atoms with van der Waals surface area (Å²) in [7, 11) is 0. The Bertz CT molecular complexity index is 740. The largest absolute Gasteiger partial charge is 0.244 e. The van der Waals surface area contributed by atoms with E-state index >= 15 is 0 Å². The van der Waals surface area contributed by atoms with Gasteiger partial charge in [-0.25, -0.2) is 19.9 Å². The fraction of sp³-hybridized carbons (Fsp3) is 0.375. The van der Waals surface area contributed by atoms with Crippen LogP contribution in [0.1, 0.15) is 43.3 Å². The topological polar surface area (TPSA) is 51.6 Å². The van der Waals surface area contributed by atoms with Crippen LogP contribution in [0.25, 0.3) is 10.3 Å². The molecule has 114 valence electrons. The summed E-state index contributed by atoms with van der Waals surface area (Å²) in [6.45, 7) is 4.45. The molecule has 2 unspecified atom stereocenters. The number of rotatable bonds is 5. The summed E-state index contributed by atoms with van der Waals surface area (Å²) >= 11 is 7.61. The Morgan fingerprint density at radius 3 is 2.77 bits per heavy atom. The van der Waals surface area contributed by atoms with Gasteiger partial charge in [0.05, 0.1) is 11.6 Å². The van der Waals surface area contributed by atoms with Crippen LogP contribution in [0.15, 0.2) is 30.6 Å². The average Bonchev–Trinajstić information content (AvgIpc) is 2.95. The van der Waals surface area contributed by atoms with E-state index in [1.54, 1.807) is 23.7 Å². The standard InChI is InChI=1S/C16H17ClN4S/c1-3-10(2)9-11(12-6-8-19-16(17)21-12)14-20-13-5-4-7-18-15(13)22-14/h4-8,10-11H,3,9H2,1-2H3. The van der Waals surface area contributed by atoms with Crippen LogP contribution in [0.2, 0.25) is 5.28 Å². The summed E-state index contributed by atoms with van der Waals surface area (Å²) in [4.78, 5) is 18.5. The minimum Gasteiger partial charge on any atom is -0.244 e. The van der Waals surface area contributed by atoms with E-state index in [1.807, 2.05) is 18.2 Å². The smallest absolute Gasteiger partial charge is 0.222 e. The summed E-state index contributed by atoms with van der Waals surface area (Å²) in [5, 5.41) is 1.33. The number of hydrogen-bond donors (Lipinski definition) is 0. The zero-order chi connectivity index (χ0) is 15.5. The fourth-order valence-electron chi connectivity index (χ4n) is 2.39. The van der Waals surface area contributed by atoms with Crippen LogP contribution in [-0.2, 0) is 0 Å². The molecule has 0 radical (unpaired) electrons. The van der Waals surface area contributed by atoms with Gasteiger partial charge >= 0.3 is 0 Å². The molecule has 0 bridgehead atoms. The maximum Gasteiger partial charge on any atom is 0.222 e. The van der Waals surface area contributed by atoms with Crippen molar-refractivity contribution in [1.82, 2.24) is 19.9 Å². The average molecular weight is 333 g/mol. The van der Waals surface area contributed by atoms with Crippen LogP contribution in [-0.4, -0.2) is 19.9 Å². The van der Waals surface area contributed by atoms with Crippen LogP contribution < -0.4 is 0 Å². The third-order valence-corrected chi connectivity index (χ3v) is 5.10. The fourth-order valence-corrected chi connectivity index (χ4v) is 3.58. The first-order chi connectivity index (χ1) is 10.7. The van der Waals surface area contributed by atoms with Crippen molar-refractivity contribution in [2.75, 3.05) is 0 Å². The first kappa shape index (κ1) is 15.3. The van der Waals surface area contributed by atoms with E-state index in [0.717, 1.165) is 33.9 Å². The number of halogens is 1. The highest BCUT2D eigenvalue weighted by molar-refractivity contribution is 7.18. The molecule has 0 amide bonds. The van der Waals surface area contributed by atoms with Gasteiger partial charge in [-0.05, 0) is 42.1 Å². The van der Waals surface area contributed by atoms with Gasteiger partial charge in [-0.2, -0.15) is 0 Å². The van der Waals surface area contributed by atoms with E-state index in [-0.39, 0.29) is 11.2 Å². The number of hydrogen-bond acceptors (Lipinski definition) is 5. The maximum absolute atomic E-state index is 5.97. The maximum atomic E-state index is 5.97. The molecule has 4 nitrogen and oxygen atoms in total. The Balaban J connectivity index is 2.04. The molecule has 3 aromatic heterocycles. The van der Waals surface area contributed by atoms with Gasteiger partial charge in [0, 0.05) is 12.4 Å². The summed E-state index contributed by atoms with van der Waals surface area (Å²) in [5.41, 5.74) is 1.87. The minimum absolute atomic E-state index is 0.134. The normalized spacial score (nSPS) is 14.1. The lowest BCUT2D eigenvalue weighted by Crippen LogP contribution is -2.08. The molecular weight excluding hydrogens is 316 g/mol. The second-order valence-electron chi connectivity index (χ2n) is 5.43. The summed E-state index contributed by atoms with van der Waals surface area (Å²) in [5.74, 6) is 0.716. The Morgan fingerprint density at radius 2 is 2.05 bits per heavy atom. The third kappa shape index (κ3) is 3.25. The number of fused-ring (bicyclic) bond motifs is 1. The molecule has 2 atom stereocenters. The van der Waals surface area contributed by atoms with E-state index in [2.05, 4.69) is 28.8 Å². The van der Waals surface area contributed by atoms with Crippen LogP contribution in [0.4, 0.5) is 0 Å². The lowest BCUT2D eigenvalue weighted by atomic mass is 9.92. The first-order valence-electron chi connectivity index (χ1n) is 7.37. The molecule has 0 aliphatic carbocycles. The van der Waals surface area contributed by atoms with Gasteiger partial charge in [-0.1, -0.05) is 31.6 Å². The van der Waals surface area contributed by atoms with E-state index < -0.39 is 0 Å². The van der Waals surface area contributed by atoms with Gasteiger partial charge in [0.15, 0.2) is 0 Å². The highest BCUT2D eigenvalue weighted by atomic mass is 35.5. The molecule has 0 aromatic carbocycles. The van der Waals surface area contributed by atoms with Crippen molar-refractivity contribution in [1.29, 1.82) is 0 Å². The zero-order valence-corrected chi connectivity index (χ0v) is 14.1. The highest BCUT2D eigenvalue weighted by Gasteiger charge is 2.22. The van der Waals surface area contributed by atoms with Gasteiger partial charge in [-0.3, -0.25) is 0 Å². The SMILES string of the molecule is CCC(C)CC(c1ccnc(Cl)n1)c1nc2cccnc2s1. The second-order valence-corrected chi connectivity index (χ2v) is 6.78. The molecule has 3 rings (SSSR count). The summed E-state index contributed by atoms with van der Waals surface area (Å²) < 4.78 is 0. The molecule has 3 aromatic rings. The number of nitrogens with zero attached hydrogens (tertiary/aromatic N) is 4. The van der Waals surface area contributed by atoms with Crippen molar-refractivity contribution in [3.05, 3.63) is 46.6 Å². The lowest BCUT2D eigenvalue weighted by Gasteiger charge is -2.17. The van der Waals surface area contributed by atoms with Gasteiger partial charge in [0.1, 0.15) is 15.4 Å². The summed E-state index contributed by atoms with van der Waals surface area (Å²) in [6.07, 6.45) is 5.62. The van der Waals surface area contributed by atoms with Crippen LogP contribution in [0.3, 0.4) is 0 Å². The van der Waals surface area contributed by atoms with E-state index in [1.165, 1.54) is 0 Å². The predicted octanol–water partition coefficient (Wildman–Crippen LogP) is 4.70. The van der Waals surface area contributed by atoms with Crippen molar-refractivity contribution < 1.29 is 0 Å². The molecule has 0 saturated carbocycles. The van der Waals surface area contributed by atoms with Crippen LogP contribution >= 0.6 is 22.9 Å². The first-order valence-corrected chi connectivity index (χ1v) is 8.56. The summed E-state index contributed by atoms with van der Waals surface area (Å²) in [6, 6.07) is 5.84. The molecule has 3 heterocycles. The molecular formula is C16H17ClN4S. The molecule has 0 saturated heterocycles. The Morgan fingerprint density at radius 1 is 1.18 bits per heavy atom. The van der Waals surface area contributed by atoms with Crippen molar-refractivity contribution >= 4 is 33.3 Å². The van der Waals surface area contributed by atoms with Crippen LogP contribution in [0, 0.1) is 5.92 Å².